The van der Waals surface area contributed by atoms with Gasteiger partial charge in [-0.3, -0.25) is 0 Å². The lowest BCUT2D eigenvalue weighted by Crippen LogP contribution is -2.33. The van der Waals surface area contributed by atoms with Gasteiger partial charge in [0.2, 0.25) is 0 Å². The molecule has 0 heterocycles. The van der Waals surface area contributed by atoms with Crippen molar-refractivity contribution in [3.05, 3.63) is 35.9 Å². The van der Waals surface area contributed by atoms with Crippen LogP contribution in [0.1, 0.15) is 6.99 Å². The van der Waals surface area contributed by atoms with Crippen LogP contribution < -0.4 is 0 Å². The molecule has 0 aliphatic rings. The Labute approximate surface area is 70.3 Å². The van der Waals surface area contributed by atoms with Crippen molar-refractivity contribution >= 4 is 0 Å². The largest absolute Gasteiger partial charge is 0.327 e. The molecule has 0 unspecified atom stereocenters. The second-order valence-corrected chi connectivity index (χ2v) is 3.93. The molecule has 0 bridgehead atoms. The summed E-state index contributed by atoms with van der Waals surface area (Å²) >= 11 is 0. The molecule has 1 aromatic rings. The summed E-state index contributed by atoms with van der Waals surface area (Å²) in [6, 6.07) is 10.6. The molecule has 0 N–H and O–H groups in total. The molecule has 0 aromatic heterocycles. The first-order valence-corrected chi connectivity index (χ1v) is 3.92. The summed E-state index contributed by atoms with van der Waals surface area (Å²) in [4.78, 5) is 0. The van der Waals surface area contributed by atoms with Gasteiger partial charge in [0, 0.05) is 6.99 Å². The molecule has 0 saturated carbocycles. The second-order valence-electron chi connectivity index (χ2n) is 3.93. The standard InChI is InChI=1S/C10H16N.H2/c1-11(2,3)9-10-7-5-4-6-8-10;/h4-8H,9H2,1-3H3;1H/q+1;. The lowest BCUT2D eigenvalue weighted by molar-refractivity contribution is -0.884. The fraction of sp³-hybridized carbons (Fsp3) is 0.400. The van der Waals surface area contributed by atoms with Crippen LogP contribution in [-0.2, 0) is 6.54 Å². The molecule has 0 fully saturated rings. The van der Waals surface area contributed by atoms with Crippen LogP contribution >= 0.6 is 0 Å². The fourth-order valence-electron chi connectivity index (χ4n) is 1.13. The van der Waals surface area contributed by atoms with Gasteiger partial charge in [0.25, 0.3) is 0 Å². The van der Waals surface area contributed by atoms with Crippen molar-refractivity contribution in [2.75, 3.05) is 21.1 Å². The van der Waals surface area contributed by atoms with E-state index in [0.717, 1.165) is 11.0 Å². The van der Waals surface area contributed by atoms with E-state index in [4.69, 9.17) is 0 Å². The van der Waals surface area contributed by atoms with Crippen molar-refractivity contribution in [3.8, 4) is 0 Å². The number of hydrogen-bond acceptors (Lipinski definition) is 0. The van der Waals surface area contributed by atoms with E-state index in [9.17, 15) is 0 Å². The molecule has 0 radical (unpaired) electrons. The highest BCUT2D eigenvalue weighted by molar-refractivity contribution is 5.13. The van der Waals surface area contributed by atoms with Gasteiger partial charge in [0.05, 0.1) is 21.1 Å². The summed E-state index contributed by atoms with van der Waals surface area (Å²) in [5.74, 6) is 0. The van der Waals surface area contributed by atoms with Crippen molar-refractivity contribution in [1.29, 1.82) is 0 Å². The second kappa shape index (κ2) is 3.05. The molecule has 0 aliphatic carbocycles. The lowest BCUT2D eigenvalue weighted by atomic mass is 10.2. The van der Waals surface area contributed by atoms with Crippen LogP contribution in [0.25, 0.3) is 0 Å². The zero-order chi connectivity index (χ0) is 8.32. The van der Waals surface area contributed by atoms with Gasteiger partial charge in [-0.25, -0.2) is 0 Å². The molecular formula is C10H18N+. The first kappa shape index (κ1) is 8.28. The minimum absolute atomic E-state index is 0. The first-order chi connectivity index (χ1) is 5.08. The maximum atomic E-state index is 2.20. The lowest BCUT2D eigenvalue weighted by Gasteiger charge is -2.23. The van der Waals surface area contributed by atoms with E-state index in [2.05, 4.69) is 51.5 Å². The van der Waals surface area contributed by atoms with Crippen LogP contribution in [-0.4, -0.2) is 25.6 Å². The number of hydrogen-bond donors (Lipinski definition) is 0. The van der Waals surface area contributed by atoms with Crippen LogP contribution in [0.5, 0.6) is 0 Å². The van der Waals surface area contributed by atoms with Crippen molar-refractivity contribution < 1.29 is 5.91 Å². The van der Waals surface area contributed by atoms with Crippen LogP contribution in [0.2, 0.25) is 0 Å². The monoisotopic (exact) mass is 152 g/mol. The zero-order valence-electron chi connectivity index (χ0n) is 7.54. The summed E-state index contributed by atoms with van der Waals surface area (Å²) in [5.41, 5.74) is 1.40. The summed E-state index contributed by atoms with van der Waals surface area (Å²) in [6.07, 6.45) is 0. The van der Waals surface area contributed by atoms with E-state index in [1.165, 1.54) is 5.56 Å². The van der Waals surface area contributed by atoms with E-state index in [-0.39, 0.29) is 1.43 Å². The molecular weight excluding hydrogens is 134 g/mol. The smallest absolute Gasteiger partial charge is 0.104 e. The summed E-state index contributed by atoms with van der Waals surface area (Å²) < 4.78 is 0.990. The first-order valence-electron chi connectivity index (χ1n) is 3.92. The van der Waals surface area contributed by atoms with Crippen molar-refractivity contribution in [2.45, 2.75) is 6.54 Å². The third-order valence-corrected chi connectivity index (χ3v) is 1.50. The Bertz CT molecular complexity index is 213. The van der Waals surface area contributed by atoms with E-state index in [1.807, 2.05) is 0 Å². The SMILES string of the molecule is C[N+](C)(C)Cc1ccccc1.[HH]. The van der Waals surface area contributed by atoms with Crippen LogP contribution in [0.15, 0.2) is 30.3 Å². The maximum absolute atomic E-state index is 2.20. The van der Waals surface area contributed by atoms with E-state index in [1.54, 1.807) is 0 Å². The Hall–Kier alpha value is -0.820. The summed E-state index contributed by atoms with van der Waals surface area (Å²) in [7, 11) is 6.60. The predicted molar refractivity (Wildman–Crippen MR) is 50.3 cm³/mol. The van der Waals surface area contributed by atoms with Crippen LogP contribution in [0.3, 0.4) is 0 Å². The molecule has 1 rings (SSSR count). The third-order valence-electron chi connectivity index (χ3n) is 1.50. The normalized spacial score (nSPS) is 11.5. The number of nitrogens with zero attached hydrogens (tertiary/aromatic N) is 1. The maximum Gasteiger partial charge on any atom is 0.104 e. The molecule has 0 spiro atoms. The topological polar surface area (TPSA) is 0 Å². The summed E-state index contributed by atoms with van der Waals surface area (Å²) in [6.45, 7) is 1.10. The van der Waals surface area contributed by atoms with Crippen LogP contribution in [0.4, 0.5) is 0 Å². The number of benzene rings is 1. The minimum atomic E-state index is 0. The Kier molecular flexibility index (Phi) is 2.30. The average Bonchev–Trinajstić information content (AvgIpc) is 1.85. The highest BCUT2D eigenvalue weighted by Gasteiger charge is 2.06. The van der Waals surface area contributed by atoms with Crippen LogP contribution in [0, 0.1) is 0 Å². The minimum Gasteiger partial charge on any atom is -0.327 e. The Morgan fingerprint density at radius 1 is 1.09 bits per heavy atom. The molecule has 0 saturated heterocycles. The Morgan fingerprint density at radius 3 is 2.09 bits per heavy atom. The van der Waals surface area contributed by atoms with Gasteiger partial charge in [-0.15, -0.1) is 0 Å². The molecule has 1 aromatic carbocycles. The molecule has 62 valence electrons. The average molecular weight is 152 g/mol. The third kappa shape index (κ3) is 3.19. The van der Waals surface area contributed by atoms with Gasteiger partial charge < -0.3 is 4.48 Å². The number of quaternary nitrogens is 1. The molecule has 0 amide bonds. The molecule has 0 aliphatic heterocycles. The van der Waals surface area contributed by atoms with Gasteiger partial charge in [0.15, 0.2) is 0 Å². The van der Waals surface area contributed by atoms with Crippen molar-refractivity contribution in [3.63, 3.8) is 0 Å². The van der Waals surface area contributed by atoms with E-state index < -0.39 is 0 Å². The van der Waals surface area contributed by atoms with Gasteiger partial charge in [0.1, 0.15) is 6.54 Å². The van der Waals surface area contributed by atoms with Gasteiger partial charge in [-0.1, -0.05) is 30.3 Å². The molecule has 0 atom stereocenters. The molecule has 11 heavy (non-hydrogen) atoms. The van der Waals surface area contributed by atoms with Crippen molar-refractivity contribution in [1.82, 2.24) is 0 Å². The Balaban J connectivity index is 0.00000121. The van der Waals surface area contributed by atoms with E-state index >= 15 is 0 Å². The van der Waals surface area contributed by atoms with Crippen molar-refractivity contribution in [2.24, 2.45) is 0 Å². The Morgan fingerprint density at radius 2 is 1.64 bits per heavy atom. The summed E-state index contributed by atoms with van der Waals surface area (Å²) in [5, 5.41) is 0. The highest BCUT2D eigenvalue weighted by atomic mass is 15.3. The highest BCUT2D eigenvalue weighted by Crippen LogP contribution is 2.04. The molecule has 1 heteroatoms. The number of rotatable bonds is 2. The van der Waals surface area contributed by atoms with Gasteiger partial charge in [-0.2, -0.15) is 0 Å². The van der Waals surface area contributed by atoms with Gasteiger partial charge >= 0.3 is 0 Å². The molecule has 1 nitrogen and oxygen atoms in total. The van der Waals surface area contributed by atoms with E-state index in [0.29, 0.717) is 0 Å². The fourth-order valence-corrected chi connectivity index (χ4v) is 1.13. The zero-order valence-corrected chi connectivity index (χ0v) is 7.54. The quantitative estimate of drug-likeness (QED) is 0.570. The predicted octanol–water partition coefficient (Wildman–Crippen LogP) is 2.14. The van der Waals surface area contributed by atoms with Gasteiger partial charge in [-0.05, 0) is 0 Å².